The lowest BCUT2D eigenvalue weighted by atomic mass is 10.0. The van der Waals surface area contributed by atoms with Gasteiger partial charge in [-0.05, 0) is 25.0 Å². The Labute approximate surface area is 149 Å². The minimum Gasteiger partial charge on any atom is -0.493 e. The van der Waals surface area contributed by atoms with Crippen LogP contribution in [-0.4, -0.2) is 29.0 Å². The molecular weight excluding hydrogens is 340 g/mol. The minimum atomic E-state index is -0.190. The Morgan fingerprint density at radius 1 is 1.44 bits per heavy atom. The van der Waals surface area contributed by atoms with Crippen molar-refractivity contribution >= 4 is 45.0 Å². The number of ether oxygens (including phenoxy) is 1. The molecule has 1 fully saturated rings. The molecule has 0 spiro atoms. The maximum absolute atomic E-state index is 12.7. The Morgan fingerprint density at radius 3 is 3.00 bits per heavy atom. The molecule has 7 heteroatoms. The van der Waals surface area contributed by atoms with Crippen LogP contribution in [0.1, 0.15) is 19.3 Å². The maximum Gasteiger partial charge on any atom is 0.229 e. The monoisotopic (exact) mass is 358 g/mol. The van der Waals surface area contributed by atoms with Crippen molar-refractivity contribution in [1.29, 1.82) is 0 Å². The van der Waals surface area contributed by atoms with E-state index in [4.69, 9.17) is 22.1 Å². The standard InChI is InChI=1S/C18H19ClN4O2/c1-25-17-12(19)7-11-9-5-6-21-8-14(9)22-15(11)16(17)23-18(24)10-3-2-4-13(10)20/h5-8,10,13,22H,2-4,20H2,1H3,(H,23,24)/t10-,13+/m1/s1. The molecule has 1 aliphatic rings. The first-order valence-electron chi connectivity index (χ1n) is 8.28. The van der Waals surface area contributed by atoms with E-state index in [2.05, 4.69) is 15.3 Å². The normalized spacial score (nSPS) is 20.3. The molecule has 1 aliphatic carbocycles. The first-order valence-corrected chi connectivity index (χ1v) is 8.66. The highest BCUT2D eigenvalue weighted by Gasteiger charge is 2.31. The quantitative estimate of drug-likeness (QED) is 0.668. The number of methoxy groups -OCH3 is 1. The first-order chi connectivity index (χ1) is 12.1. The molecule has 4 N–H and O–H groups in total. The van der Waals surface area contributed by atoms with Crippen LogP contribution < -0.4 is 15.8 Å². The first kappa shape index (κ1) is 16.2. The summed E-state index contributed by atoms with van der Waals surface area (Å²) in [5, 5.41) is 5.34. The summed E-state index contributed by atoms with van der Waals surface area (Å²) in [5.74, 6) is 0.155. The highest BCUT2D eigenvalue weighted by molar-refractivity contribution is 6.35. The van der Waals surface area contributed by atoms with Gasteiger partial charge in [-0.3, -0.25) is 9.78 Å². The summed E-state index contributed by atoms with van der Waals surface area (Å²) in [6.07, 6.45) is 6.12. The number of carbonyl (C=O) groups is 1. The summed E-state index contributed by atoms with van der Waals surface area (Å²) in [5.41, 5.74) is 8.26. The number of nitrogens with one attached hydrogen (secondary N) is 2. The molecule has 1 amide bonds. The average molecular weight is 359 g/mol. The number of nitrogens with two attached hydrogens (primary N) is 1. The molecule has 2 aromatic heterocycles. The summed E-state index contributed by atoms with van der Waals surface area (Å²) >= 11 is 6.41. The topological polar surface area (TPSA) is 93.0 Å². The van der Waals surface area contributed by atoms with Gasteiger partial charge in [-0.25, -0.2) is 0 Å². The predicted octanol–water partition coefficient (Wildman–Crippen LogP) is 3.44. The van der Waals surface area contributed by atoms with Crippen molar-refractivity contribution in [2.45, 2.75) is 25.3 Å². The van der Waals surface area contributed by atoms with Gasteiger partial charge in [0.25, 0.3) is 0 Å². The van der Waals surface area contributed by atoms with Crippen molar-refractivity contribution in [3.63, 3.8) is 0 Å². The molecule has 0 unspecified atom stereocenters. The van der Waals surface area contributed by atoms with Crippen LogP contribution in [0.5, 0.6) is 5.75 Å². The fourth-order valence-electron chi connectivity index (χ4n) is 3.69. The lowest BCUT2D eigenvalue weighted by Crippen LogP contribution is -2.34. The van der Waals surface area contributed by atoms with Gasteiger partial charge in [0, 0.05) is 23.0 Å². The Balaban J connectivity index is 1.87. The number of aromatic nitrogens is 2. The third-order valence-electron chi connectivity index (χ3n) is 4.96. The zero-order chi connectivity index (χ0) is 17.6. The van der Waals surface area contributed by atoms with Gasteiger partial charge in [0.05, 0.1) is 35.3 Å². The second-order valence-corrected chi connectivity index (χ2v) is 6.83. The maximum atomic E-state index is 12.7. The van der Waals surface area contributed by atoms with E-state index in [0.29, 0.717) is 16.5 Å². The van der Waals surface area contributed by atoms with Gasteiger partial charge < -0.3 is 20.8 Å². The summed E-state index contributed by atoms with van der Waals surface area (Å²) in [4.78, 5) is 20.2. The molecule has 1 aromatic carbocycles. The number of halogens is 1. The van der Waals surface area contributed by atoms with Gasteiger partial charge in [-0.15, -0.1) is 0 Å². The third-order valence-corrected chi connectivity index (χ3v) is 5.24. The van der Waals surface area contributed by atoms with Crippen molar-refractivity contribution < 1.29 is 9.53 Å². The number of H-pyrrole nitrogens is 1. The number of benzene rings is 1. The van der Waals surface area contributed by atoms with Crippen LogP contribution in [0.25, 0.3) is 21.8 Å². The van der Waals surface area contributed by atoms with E-state index in [9.17, 15) is 4.79 Å². The number of rotatable bonds is 3. The number of aromatic amines is 1. The Hall–Kier alpha value is -2.31. The number of amides is 1. The van der Waals surface area contributed by atoms with Gasteiger partial charge in [0.2, 0.25) is 5.91 Å². The lowest BCUT2D eigenvalue weighted by molar-refractivity contribution is -0.120. The molecule has 3 aromatic rings. The second kappa shape index (κ2) is 6.20. The zero-order valence-corrected chi connectivity index (χ0v) is 14.6. The number of anilines is 1. The molecule has 25 heavy (non-hydrogen) atoms. The number of hydrogen-bond acceptors (Lipinski definition) is 4. The van der Waals surface area contributed by atoms with E-state index in [1.54, 1.807) is 12.4 Å². The van der Waals surface area contributed by atoms with E-state index in [-0.39, 0.29) is 17.9 Å². The van der Waals surface area contributed by atoms with E-state index in [0.717, 1.165) is 41.1 Å². The van der Waals surface area contributed by atoms with E-state index in [1.807, 2.05) is 12.1 Å². The molecule has 130 valence electrons. The van der Waals surface area contributed by atoms with Crippen LogP contribution in [-0.2, 0) is 4.79 Å². The Morgan fingerprint density at radius 2 is 2.28 bits per heavy atom. The van der Waals surface area contributed by atoms with E-state index < -0.39 is 0 Å². The average Bonchev–Trinajstić information content (AvgIpc) is 3.19. The largest absolute Gasteiger partial charge is 0.493 e. The van der Waals surface area contributed by atoms with E-state index >= 15 is 0 Å². The fourth-order valence-corrected chi connectivity index (χ4v) is 3.97. The van der Waals surface area contributed by atoms with Crippen LogP contribution >= 0.6 is 11.6 Å². The van der Waals surface area contributed by atoms with E-state index in [1.165, 1.54) is 7.11 Å². The second-order valence-electron chi connectivity index (χ2n) is 6.43. The number of nitrogens with zero attached hydrogens (tertiary/aromatic N) is 1. The van der Waals surface area contributed by atoms with Crippen LogP contribution in [0.15, 0.2) is 24.5 Å². The van der Waals surface area contributed by atoms with Crippen LogP contribution in [0.3, 0.4) is 0 Å². The summed E-state index contributed by atoms with van der Waals surface area (Å²) < 4.78 is 5.46. The van der Waals surface area contributed by atoms with Crippen LogP contribution in [0.2, 0.25) is 5.02 Å². The molecule has 0 radical (unpaired) electrons. The minimum absolute atomic E-state index is 0.0938. The van der Waals surface area contributed by atoms with Crippen molar-refractivity contribution in [1.82, 2.24) is 9.97 Å². The molecule has 2 atom stereocenters. The van der Waals surface area contributed by atoms with Crippen molar-refractivity contribution in [2.24, 2.45) is 11.7 Å². The highest BCUT2D eigenvalue weighted by atomic mass is 35.5. The Kier molecular flexibility index (Phi) is 4.01. The number of fused-ring (bicyclic) bond motifs is 3. The van der Waals surface area contributed by atoms with Gasteiger partial charge in [0.15, 0.2) is 5.75 Å². The SMILES string of the molecule is COc1c(Cl)cc2c([nH]c3cnccc32)c1NC(=O)[C@@H]1CCC[C@@H]1N. The molecule has 0 bridgehead atoms. The molecule has 6 nitrogen and oxygen atoms in total. The number of carbonyl (C=O) groups excluding carboxylic acids is 1. The molecular formula is C18H19ClN4O2. The fraction of sp³-hybridized carbons (Fsp3) is 0.333. The van der Waals surface area contributed by atoms with Crippen molar-refractivity contribution in [3.05, 3.63) is 29.5 Å². The van der Waals surface area contributed by atoms with Gasteiger partial charge >= 0.3 is 0 Å². The number of hydrogen-bond donors (Lipinski definition) is 3. The van der Waals surface area contributed by atoms with Crippen LogP contribution in [0, 0.1) is 5.92 Å². The highest BCUT2D eigenvalue weighted by Crippen LogP contribution is 2.42. The van der Waals surface area contributed by atoms with Gasteiger partial charge in [-0.1, -0.05) is 18.0 Å². The van der Waals surface area contributed by atoms with Crippen molar-refractivity contribution in [3.8, 4) is 5.75 Å². The molecule has 2 heterocycles. The zero-order valence-electron chi connectivity index (χ0n) is 13.8. The third kappa shape index (κ3) is 2.62. The van der Waals surface area contributed by atoms with Gasteiger partial charge in [-0.2, -0.15) is 0 Å². The molecule has 4 rings (SSSR count). The predicted molar refractivity (Wildman–Crippen MR) is 99.1 cm³/mol. The Bertz CT molecular complexity index is 969. The molecule has 1 saturated carbocycles. The summed E-state index contributed by atoms with van der Waals surface area (Å²) in [6, 6.07) is 3.65. The lowest BCUT2D eigenvalue weighted by Gasteiger charge is -2.18. The number of pyridine rings is 1. The molecule has 0 aliphatic heterocycles. The summed E-state index contributed by atoms with van der Waals surface area (Å²) in [6.45, 7) is 0. The van der Waals surface area contributed by atoms with Crippen LogP contribution in [0.4, 0.5) is 5.69 Å². The van der Waals surface area contributed by atoms with Crippen molar-refractivity contribution in [2.75, 3.05) is 12.4 Å². The smallest absolute Gasteiger partial charge is 0.229 e. The van der Waals surface area contributed by atoms with Gasteiger partial charge in [0.1, 0.15) is 5.69 Å². The molecule has 0 saturated heterocycles. The summed E-state index contributed by atoms with van der Waals surface area (Å²) in [7, 11) is 1.54.